The van der Waals surface area contributed by atoms with Crippen molar-refractivity contribution < 1.29 is 33.7 Å². The average molecular weight is 607 g/mol. The number of hydrogen-bond donors (Lipinski definition) is 3. The van der Waals surface area contributed by atoms with Gasteiger partial charge in [-0.1, -0.05) is 116 Å². The predicted molar refractivity (Wildman–Crippen MR) is 166 cm³/mol. The van der Waals surface area contributed by atoms with Gasteiger partial charge in [-0.3, -0.25) is 4.79 Å². The summed E-state index contributed by atoms with van der Waals surface area (Å²) in [7, 11) is 0. The van der Waals surface area contributed by atoms with Gasteiger partial charge in [0.05, 0.1) is 24.8 Å². The molecule has 0 radical (unpaired) electrons. The fourth-order valence-corrected chi connectivity index (χ4v) is 5.33. The van der Waals surface area contributed by atoms with Gasteiger partial charge in [-0.15, -0.1) is 0 Å². The molecule has 2 aromatic rings. The van der Waals surface area contributed by atoms with Crippen molar-refractivity contribution in [3.8, 4) is 0 Å². The minimum atomic E-state index is -1.38. The van der Waals surface area contributed by atoms with Crippen molar-refractivity contribution in [2.75, 3.05) is 0 Å². The normalized spacial score (nSPS) is 14.4. The van der Waals surface area contributed by atoms with E-state index in [4.69, 9.17) is 13.6 Å². The number of ether oxygens (including phenoxy) is 1. The van der Waals surface area contributed by atoms with Crippen molar-refractivity contribution in [3.63, 3.8) is 0 Å². The van der Waals surface area contributed by atoms with Crippen molar-refractivity contribution in [1.29, 1.82) is 0 Å². The van der Waals surface area contributed by atoms with Crippen LogP contribution in [-0.2, 0) is 16.0 Å². The van der Waals surface area contributed by atoms with Crippen LogP contribution in [0, 0.1) is 0 Å². The number of aliphatic hydroxyl groups excluding tert-OH is 3. The molecule has 9 nitrogen and oxygen atoms in total. The molecule has 9 heteroatoms. The Kier molecular flexibility index (Phi) is 19.9. The summed E-state index contributed by atoms with van der Waals surface area (Å²) in [5.74, 6) is 0.530. The zero-order valence-electron chi connectivity index (χ0n) is 26.8. The third kappa shape index (κ3) is 17.0. The number of aromatic nitrogens is 2. The highest BCUT2D eigenvalue weighted by Gasteiger charge is 2.29. The Morgan fingerprint density at radius 1 is 0.814 bits per heavy atom. The van der Waals surface area contributed by atoms with Gasteiger partial charge in [0, 0.05) is 12.8 Å². The standard InChI is InChI=1S/C34H58N2O7/c1-3-4-5-6-7-8-9-10-11-12-13-14-15-16-17-18-19-20-21-33(39)43-31(23-30(38)34(40)27(2)37)29-25-41-32(36-29)22-28-24-35-26-42-28/h24-27,30-31,34,37-38,40H,3-23H2,1-2H3/t27-,30-,31+,34+/m0/s1. The van der Waals surface area contributed by atoms with Crippen LogP contribution in [0.15, 0.2) is 27.7 Å². The highest BCUT2D eigenvalue weighted by atomic mass is 16.5. The molecule has 4 atom stereocenters. The fourth-order valence-electron chi connectivity index (χ4n) is 5.33. The zero-order chi connectivity index (χ0) is 31.1. The lowest BCUT2D eigenvalue weighted by Crippen LogP contribution is -2.37. The SMILES string of the molecule is CCCCCCCCCCCCCCCCCCCCC(=O)O[C@H](C[C@H](O)[C@H](O)[C@H](C)O)c1coc(Cc2cnco2)n1. The van der Waals surface area contributed by atoms with Crippen LogP contribution in [0.3, 0.4) is 0 Å². The van der Waals surface area contributed by atoms with Crippen LogP contribution in [0.4, 0.5) is 0 Å². The van der Waals surface area contributed by atoms with Gasteiger partial charge >= 0.3 is 5.97 Å². The van der Waals surface area contributed by atoms with Crippen LogP contribution in [0.1, 0.15) is 166 Å². The van der Waals surface area contributed by atoms with Gasteiger partial charge in [0.15, 0.2) is 6.39 Å². The van der Waals surface area contributed by atoms with Gasteiger partial charge in [0.25, 0.3) is 0 Å². The molecule has 0 aliphatic heterocycles. The zero-order valence-corrected chi connectivity index (χ0v) is 26.8. The summed E-state index contributed by atoms with van der Waals surface area (Å²) in [5.41, 5.74) is 0.331. The minimum Gasteiger partial charge on any atom is -0.456 e. The van der Waals surface area contributed by atoms with Crippen molar-refractivity contribution in [1.82, 2.24) is 9.97 Å². The van der Waals surface area contributed by atoms with Crippen LogP contribution in [-0.4, -0.2) is 49.6 Å². The number of nitrogens with zero attached hydrogens (tertiary/aromatic N) is 2. The summed E-state index contributed by atoms with van der Waals surface area (Å²) < 4.78 is 16.4. The molecular formula is C34H58N2O7. The van der Waals surface area contributed by atoms with E-state index in [9.17, 15) is 20.1 Å². The Morgan fingerprint density at radius 3 is 1.84 bits per heavy atom. The second-order valence-electron chi connectivity index (χ2n) is 12.1. The molecule has 2 rings (SSSR count). The van der Waals surface area contributed by atoms with Gasteiger partial charge < -0.3 is 28.9 Å². The smallest absolute Gasteiger partial charge is 0.306 e. The van der Waals surface area contributed by atoms with E-state index in [0.29, 0.717) is 17.3 Å². The van der Waals surface area contributed by atoms with Crippen molar-refractivity contribution in [3.05, 3.63) is 36.2 Å². The van der Waals surface area contributed by atoms with Crippen molar-refractivity contribution in [2.45, 2.75) is 173 Å². The molecule has 3 N–H and O–H groups in total. The number of esters is 1. The van der Waals surface area contributed by atoms with Gasteiger partial charge in [0.2, 0.25) is 5.89 Å². The average Bonchev–Trinajstić information content (AvgIpc) is 3.68. The number of oxazole rings is 2. The Balaban J connectivity index is 1.57. The molecule has 0 spiro atoms. The molecule has 0 unspecified atom stereocenters. The predicted octanol–water partition coefficient (Wildman–Crippen LogP) is 7.76. The largest absolute Gasteiger partial charge is 0.456 e. The maximum atomic E-state index is 12.6. The second-order valence-corrected chi connectivity index (χ2v) is 12.1. The fraction of sp³-hybridized carbons (Fsp3) is 0.794. The summed E-state index contributed by atoms with van der Waals surface area (Å²) in [6.07, 6.45) is 23.0. The lowest BCUT2D eigenvalue weighted by Gasteiger charge is -2.24. The molecule has 0 saturated heterocycles. The monoisotopic (exact) mass is 606 g/mol. The molecule has 0 aromatic carbocycles. The summed E-state index contributed by atoms with van der Waals surface area (Å²) in [4.78, 5) is 20.9. The summed E-state index contributed by atoms with van der Waals surface area (Å²) >= 11 is 0. The first-order valence-electron chi connectivity index (χ1n) is 17.0. The number of aliphatic hydroxyl groups is 3. The van der Waals surface area contributed by atoms with Crippen LogP contribution in [0.2, 0.25) is 0 Å². The van der Waals surface area contributed by atoms with E-state index in [-0.39, 0.29) is 25.2 Å². The molecule has 0 aliphatic carbocycles. The molecule has 0 saturated carbocycles. The number of hydrogen-bond acceptors (Lipinski definition) is 9. The molecule has 43 heavy (non-hydrogen) atoms. The van der Waals surface area contributed by atoms with E-state index in [1.807, 2.05) is 0 Å². The van der Waals surface area contributed by atoms with E-state index in [0.717, 1.165) is 19.3 Å². The molecule has 0 amide bonds. The lowest BCUT2D eigenvalue weighted by atomic mass is 10.0. The third-order valence-corrected chi connectivity index (χ3v) is 8.06. The first kappa shape index (κ1) is 37.0. The van der Waals surface area contributed by atoms with Crippen LogP contribution in [0.25, 0.3) is 0 Å². The van der Waals surface area contributed by atoms with Gasteiger partial charge in [-0.05, 0) is 13.3 Å². The van der Waals surface area contributed by atoms with Crippen molar-refractivity contribution in [2.24, 2.45) is 0 Å². The first-order chi connectivity index (χ1) is 20.9. The summed E-state index contributed by atoms with van der Waals surface area (Å²) in [6.45, 7) is 3.66. The Morgan fingerprint density at radius 2 is 1.35 bits per heavy atom. The molecule has 2 heterocycles. The van der Waals surface area contributed by atoms with Gasteiger partial charge in [-0.2, -0.15) is 0 Å². The topological polar surface area (TPSA) is 139 Å². The molecule has 0 fully saturated rings. The van der Waals surface area contributed by atoms with E-state index in [1.54, 1.807) is 6.20 Å². The van der Waals surface area contributed by atoms with E-state index in [2.05, 4.69) is 16.9 Å². The molecule has 246 valence electrons. The van der Waals surface area contributed by atoms with Gasteiger partial charge in [-0.25, -0.2) is 9.97 Å². The lowest BCUT2D eigenvalue weighted by molar-refractivity contribution is -0.153. The number of rotatable bonds is 27. The van der Waals surface area contributed by atoms with E-state index >= 15 is 0 Å². The highest BCUT2D eigenvalue weighted by Crippen LogP contribution is 2.26. The van der Waals surface area contributed by atoms with Crippen molar-refractivity contribution >= 4 is 5.97 Å². The molecule has 2 aromatic heterocycles. The van der Waals surface area contributed by atoms with E-state index in [1.165, 1.54) is 116 Å². The first-order valence-corrected chi connectivity index (χ1v) is 17.0. The summed E-state index contributed by atoms with van der Waals surface area (Å²) in [5, 5.41) is 30.1. The Hall–Kier alpha value is -2.23. The van der Waals surface area contributed by atoms with Crippen LogP contribution >= 0.6 is 0 Å². The van der Waals surface area contributed by atoms with E-state index < -0.39 is 24.4 Å². The second kappa shape index (κ2) is 23.2. The number of carbonyl (C=O) groups is 1. The molecule has 0 aliphatic rings. The molecular weight excluding hydrogens is 548 g/mol. The Bertz CT molecular complexity index is 931. The highest BCUT2D eigenvalue weighted by molar-refractivity contribution is 5.69. The number of unbranched alkanes of at least 4 members (excludes halogenated alkanes) is 17. The Labute approximate surface area is 258 Å². The molecule has 0 bridgehead atoms. The maximum absolute atomic E-state index is 12.6. The third-order valence-electron chi connectivity index (χ3n) is 8.06. The van der Waals surface area contributed by atoms with Crippen LogP contribution in [0.5, 0.6) is 0 Å². The van der Waals surface area contributed by atoms with Crippen LogP contribution < -0.4 is 0 Å². The number of carbonyl (C=O) groups excluding carboxylic acids is 1. The quantitative estimate of drug-likeness (QED) is 0.0687. The minimum absolute atomic E-state index is 0.120. The van der Waals surface area contributed by atoms with Gasteiger partial charge in [0.1, 0.15) is 29.9 Å². The maximum Gasteiger partial charge on any atom is 0.306 e. The summed E-state index contributed by atoms with van der Waals surface area (Å²) in [6, 6.07) is 0.